The Hall–Kier alpha value is -1.51. The Morgan fingerprint density at radius 2 is 1.76 bits per heavy atom. The first-order chi connectivity index (χ1) is 10.1. The molecule has 0 spiro atoms. The second kappa shape index (κ2) is 7.48. The van der Waals surface area contributed by atoms with Gasteiger partial charge in [0.05, 0.1) is 0 Å². The Kier molecular flexibility index (Phi) is 5.66. The molecule has 0 heterocycles. The highest BCUT2D eigenvalue weighted by molar-refractivity contribution is 6.30. The summed E-state index contributed by atoms with van der Waals surface area (Å²) < 4.78 is 0. The van der Waals surface area contributed by atoms with E-state index in [0.717, 1.165) is 30.1 Å². The molecule has 3 heteroatoms. The van der Waals surface area contributed by atoms with E-state index >= 15 is 0 Å². The fraction of sp³-hybridized carbons (Fsp3) is 0.333. The zero-order chi connectivity index (χ0) is 15.2. The molecule has 0 aliphatic heterocycles. The van der Waals surface area contributed by atoms with E-state index in [1.54, 1.807) is 0 Å². The summed E-state index contributed by atoms with van der Waals surface area (Å²) in [6.45, 7) is 3.26. The van der Waals surface area contributed by atoms with Gasteiger partial charge in [-0.15, -0.1) is 0 Å². The first-order valence-corrected chi connectivity index (χ1v) is 7.75. The van der Waals surface area contributed by atoms with E-state index in [2.05, 4.69) is 37.1 Å². The lowest BCUT2D eigenvalue weighted by Gasteiger charge is -2.25. The average molecular weight is 303 g/mol. The molecule has 2 aromatic rings. The van der Waals surface area contributed by atoms with Crippen LogP contribution in [0.25, 0.3) is 0 Å². The number of halogens is 1. The van der Waals surface area contributed by atoms with Crippen molar-refractivity contribution >= 4 is 17.3 Å². The maximum atomic E-state index is 5.98. The lowest BCUT2D eigenvalue weighted by Crippen LogP contribution is -2.24. The van der Waals surface area contributed by atoms with Crippen LogP contribution >= 0.6 is 11.6 Å². The van der Waals surface area contributed by atoms with E-state index in [0.29, 0.717) is 6.04 Å². The minimum atomic E-state index is 0.385. The molecule has 0 aliphatic rings. The maximum Gasteiger partial charge on any atom is 0.0406 e. The van der Waals surface area contributed by atoms with Gasteiger partial charge >= 0.3 is 0 Å². The summed E-state index contributed by atoms with van der Waals surface area (Å²) in [5.41, 5.74) is 9.40. The maximum absolute atomic E-state index is 5.98. The van der Waals surface area contributed by atoms with Gasteiger partial charge in [0.2, 0.25) is 0 Å². The van der Waals surface area contributed by atoms with Crippen molar-refractivity contribution in [2.24, 2.45) is 0 Å². The number of benzene rings is 2. The summed E-state index contributed by atoms with van der Waals surface area (Å²) in [5.74, 6) is 0. The molecule has 0 fully saturated rings. The number of rotatable bonds is 6. The standard InChI is InChI=1S/C18H23ClN2/c1-14(15-9-11-17(19)12-10-15)21(2)13-5-7-16-6-3-4-8-18(16)20/h3-4,6,8-12,14H,5,7,13,20H2,1-2H3. The normalized spacial score (nSPS) is 12.6. The van der Waals surface area contributed by atoms with E-state index in [1.807, 2.05) is 30.3 Å². The zero-order valence-electron chi connectivity index (χ0n) is 12.7. The predicted octanol–water partition coefficient (Wildman–Crippen LogP) is 4.55. The molecule has 0 saturated heterocycles. The van der Waals surface area contributed by atoms with E-state index in [9.17, 15) is 0 Å². The van der Waals surface area contributed by atoms with Gasteiger partial charge in [-0.25, -0.2) is 0 Å². The van der Waals surface area contributed by atoms with Crippen molar-refractivity contribution < 1.29 is 0 Å². The predicted molar refractivity (Wildman–Crippen MR) is 91.7 cm³/mol. The number of nitrogens with two attached hydrogens (primary N) is 1. The van der Waals surface area contributed by atoms with E-state index in [4.69, 9.17) is 17.3 Å². The van der Waals surface area contributed by atoms with Crippen LogP contribution < -0.4 is 5.73 Å². The average Bonchev–Trinajstić information content (AvgIpc) is 2.49. The van der Waals surface area contributed by atoms with Crippen LogP contribution in [0.4, 0.5) is 5.69 Å². The number of anilines is 1. The van der Waals surface area contributed by atoms with Crippen LogP contribution in [-0.4, -0.2) is 18.5 Å². The molecule has 0 aromatic heterocycles. The lowest BCUT2D eigenvalue weighted by atomic mass is 10.1. The Balaban J connectivity index is 1.85. The summed E-state index contributed by atoms with van der Waals surface area (Å²) in [6, 6.07) is 16.6. The highest BCUT2D eigenvalue weighted by Crippen LogP contribution is 2.21. The molecule has 21 heavy (non-hydrogen) atoms. The fourth-order valence-corrected chi connectivity index (χ4v) is 2.60. The van der Waals surface area contributed by atoms with Gasteiger partial charge in [-0.05, 0) is 62.7 Å². The molecule has 2 nitrogen and oxygen atoms in total. The van der Waals surface area contributed by atoms with Gasteiger partial charge in [0.1, 0.15) is 0 Å². The molecule has 1 atom stereocenters. The molecular formula is C18H23ClN2. The lowest BCUT2D eigenvalue weighted by molar-refractivity contribution is 0.258. The van der Waals surface area contributed by atoms with Gasteiger partial charge < -0.3 is 5.73 Å². The SMILES string of the molecule is CC(c1ccc(Cl)cc1)N(C)CCCc1ccccc1N. The zero-order valence-corrected chi connectivity index (χ0v) is 13.5. The van der Waals surface area contributed by atoms with E-state index in [-0.39, 0.29) is 0 Å². The molecule has 112 valence electrons. The summed E-state index contributed by atoms with van der Waals surface area (Å²) in [7, 11) is 2.16. The first kappa shape index (κ1) is 15.9. The molecule has 1 unspecified atom stereocenters. The van der Waals surface area contributed by atoms with Crippen molar-refractivity contribution in [2.75, 3.05) is 19.3 Å². The van der Waals surface area contributed by atoms with Crippen LogP contribution in [0.15, 0.2) is 48.5 Å². The fourth-order valence-electron chi connectivity index (χ4n) is 2.47. The number of para-hydroxylation sites is 1. The second-order valence-corrected chi connectivity index (χ2v) is 5.95. The monoisotopic (exact) mass is 302 g/mol. The van der Waals surface area contributed by atoms with Gasteiger partial charge in [0.25, 0.3) is 0 Å². The number of aryl methyl sites for hydroxylation is 1. The molecule has 0 radical (unpaired) electrons. The number of nitrogens with zero attached hydrogens (tertiary/aromatic N) is 1. The van der Waals surface area contributed by atoms with Crippen molar-refractivity contribution in [3.8, 4) is 0 Å². The molecule has 0 bridgehead atoms. The Bertz CT molecular complexity index is 566. The molecule has 0 saturated carbocycles. The molecule has 2 N–H and O–H groups in total. The van der Waals surface area contributed by atoms with E-state index < -0.39 is 0 Å². The summed E-state index contributed by atoms with van der Waals surface area (Å²) >= 11 is 5.94. The van der Waals surface area contributed by atoms with Crippen LogP contribution in [0.2, 0.25) is 5.02 Å². The van der Waals surface area contributed by atoms with Crippen molar-refractivity contribution in [1.29, 1.82) is 0 Å². The number of hydrogen-bond acceptors (Lipinski definition) is 2. The third-order valence-electron chi connectivity index (χ3n) is 4.03. The van der Waals surface area contributed by atoms with Crippen molar-refractivity contribution in [3.05, 3.63) is 64.7 Å². The second-order valence-electron chi connectivity index (χ2n) is 5.51. The van der Waals surface area contributed by atoms with Gasteiger partial charge in [0.15, 0.2) is 0 Å². The number of hydrogen-bond donors (Lipinski definition) is 1. The molecule has 0 aliphatic carbocycles. The van der Waals surface area contributed by atoms with Gasteiger partial charge in [-0.3, -0.25) is 4.90 Å². The van der Waals surface area contributed by atoms with Crippen LogP contribution in [0.3, 0.4) is 0 Å². The minimum Gasteiger partial charge on any atom is -0.399 e. The van der Waals surface area contributed by atoms with Crippen molar-refractivity contribution in [1.82, 2.24) is 4.90 Å². The van der Waals surface area contributed by atoms with Crippen LogP contribution in [0.1, 0.15) is 30.5 Å². The van der Waals surface area contributed by atoms with Crippen LogP contribution in [-0.2, 0) is 6.42 Å². The topological polar surface area (TPSA) is 29.3 Å². The smallest absolute Gasteiger partial charge is 0.0406 e. The summed E-state index contributed by atoms with van der Waals surface area (Å²) in [4.78, 5) is 2.36. The Morgan fingerprint density at radius 1 is 1.10 bits per heavy atom. The van der Waals surface area contributed by atoms with Gasteiger partial charge in [-0.2, -0.15) is 0 Å². The van der Waals surface area contributed by atoms with Gasteiger partial charge in [-0.1, -0.05) is 41.9 Å². The molecule has 2 rings (SSSR count). The minimum absolute atomic E-state index is 0.385. The summed E-state index contributed by atoms with van der Waals surface area (Å²) in [5, 5.41) is 0.785. The number of nitrogen functional groups attached to an aromatic ring is 1. The molecule has 0 amide bonds. The van der Waals surface area contributed by atoms with Crippen LogP contribution in [0.5, 0.6) is 0 Å². The molecule has 2 aromatic carbocycles. The summed E-state index contributed by atoms with van der Waals surface area (Å²) in [6.07, 6.45) is 2.12. The van der Waals surface area contributed by atoms with Gasteiger partial charge in [0, 0.05) is 16.8 Å². The highest BCUT2D eigenvalue weighted by Gasteiger charge is 2.11. The van der Waals surface area contributed by atoms with E-state index in [1.165, 1.54) is 11.1 Å². The quantitative estimate of drug-likeness (QED) is 0.793. The Labute approximate surface area is 132 Å². The third kappa shape index (κ3) is 4.48. The largest absolute Gasteiger partial charge is 0.399 e. The van der Waals surface area contributed by atoms with Crippen molar-refractivity contribution in [3.63, 3.8) is 0 Å². The van der Waals surface area contributed by atoms with Crippen molar-refractivity contribution in [2.45, 2.75) is 25.8 Å². The third-order valence-corrected chi connectivity index (χ3v) is 4.28. The van der Waals surface area contributed by atoms with Crippen LogP contribution in [0, 0.1) is 0 Å². The highest BCUT2D eigenvalue weighted by atomic mass is 35.5. The molecular weight excluding hydrogens is 280 g/mol. The Morgan fingerprint density at radius 3 is 2.43 bits per heavy atom. The first-order valence-electron chi connectivity index (χ1n) is 7.37.